The van der Waals surface area contributed by atoms with E-state index in [1.54, 1.807) is 11.8 Å². The molecule has 0 bridgehead atoms. The van der Waals surface area contributed by atoms with Gasteiger partial charge >= 0.3 is 0 Å². The maximum absolute atomic E-state index is 2.42. The second kappa shape index (κ2) is 13.5. The highest BCUT2D eigenvalue weighted by Gasteiger charge is 2.20. The smallest absolute Gasteiger partial charge is 0.0603 e. The van der Waals surface area contributed by atoms with Gasteiger partial charge in [0.15, 0.2) is 0 Å². The molecule has 0 aliphatic heterocycles. The molecule has 0 saturated heterocycles. The van der Waals surface area contributed by atoms with E-state index >= 15 is 0 Å². The van der Waals surface area contributed by atoms with Crippen molar-refractivity contribution in [3.05, 3.63) is 180 Å². The van der Waals surface area contributed by atoms with E-state index in [1.807, 2.05) is 0 Å². The Hall–Kier alpha value is -5.83. The normalized spacial score (nSPS) is 12.3. The van der Waals surface area contributed by atoms with Crippen LogP contribution in [0.2, 0.25) is 0 Å². The molecule has 0 atom stereocenters. The largest absolute Gasteiger partial charge is 0.309 e. The summed E-state index contributed by atoms with van der Waals surface area (Å²) in [7, 11) is 0. The second-order valence-corrected chi connectivity index (χ2v) is 14.0. The SMILES string of the molecule is CSc1c(-c2ccccc2)cccc1N(c1ccc(-c2ccc3c(c2)=CCCC=3)cc1)c1ccc(-c2cc3ccccc3c3ccccc23)cc1. The lowest BCUT2D eigenvalue weighted by atomic mass is 9.93. The molecule has 244 valence electrons. The fraction of sp³-hybridized carbons (Fsp3) is 0.0612. The van der Waals surface area contributed by atoms with Crippen LogP contribution in [0.1, 0.15) is 12.8 Å². The van der Waals surface area contributed by atoms with Crippen molar-refractivity contribution in [2.24, 2.45) is 0 Å². The summed E-state index contributed by atoms with van der Waals surface area (Å²) in [6.07, 6.45) is 9.13. The molecular formula is C49H37NS. The zero-order valence-electron chi connectivity index (χ0n) is 28.6. The first-order valence-corrected chi connectivity index (χ1v) is 18.9. The van der Waals surface area contributed by atoms with E-state index in [-0.39, 0.29) is 0 Å². The van der Waals surface area contributed by atoms with Crippen LogP contribution in [0.5, 0.6) is 0 Å². The van der Waals surface area contributed by atoms with Crippen molar-refractivity contribution in [3.63, 3.8) is 0 Å². The zero-order valence-corrected chi connectivity index (χ0v) is 29.4. The monoisotopic (exact) mass is 671 g/mol. The van der Waals surface area contributed by atoms with E-state index in [9.17, 15) is 0 Å². The highest BCUT2D eigenvalue weighted by molar-refractivity contribution is 7.98. The number of hydrogen-bond donors (Lipinski definition) is 0. The fourth-order valence-corrected chi connectivity index (χ4v) is 8.44. The summed E-state index contributed by atoms with van der Waals surface area (Å²) in [6, 6.07) is 62.3. The Morgan fingerprint density at radius 3 is 1.78 bits per heavy atom. The van der Waals surface area contributed by atoms with Crippen molar-refractivity contribution in [2.45, 2.75) is 17.7 Å². The molecule has 1 aliphatic rings. The molecule has 51 heavy (non-hydrogen) atoms. The average molecular weight is 672 g/mol. The first-order chi connectivity index (χ1) is 25.2. The lowest BCUT2D eigenvalue weighted by Crippen LogP contribution is -2.26. The molecule has 0 heterocycles. The van der Waals surface area contributed by atoms with Gasteiger partial charge in [0.1, 0.15) is 0 Å². The minimum atomic E-state index is 1.11. The molecule has 0 saturated carbocycles. The number of thioether (sulfide) groups is 1. The average Bonchev–Trinajstić information content (AvgIpc) is 3.21. The Labute approximate surface area is 303 Å². The molecule has 8 aromatic carbocycles. The number of anilines is 3. The Morgan fingerprint density at radius 1 is 0.431 bits per heavy atom. The standard InChI is InChI=1S/C49H37NS/c1-51-49-44(36-13-3-2-4-14-36)20-11-21-48(49)50(41-28-24-35(25-29-41)39-23-22-34-12-5-6-15-38(34)32-39)42-30-26-37(27-31-42)47-33-40-16-7-8-17-43(40)45-18-9-10-19-46(45)47/h2-4,7-33H,5-6H2,1H3. The van der Waals surface area contributed by atoms with Crippen molar-refractivity contribution in [3.8, 4) is 33.4 Å². The molecule has 0 radical (unpaired) electrons. The first-order valence-electron chi connectivity index (χ1n) is 17.7. The first kappa shape index (κ1) is 31.2. The van der Waals surface area contributed by atoms with Gasteiger partial charge in [-0.2, -0.15) is 0 Å². The molecule has 0 fully saturated rings. The van der Waals surface area contributed by atoms with Crippen molar-refractivity contribution in [1.82, 2.24) is 0 Å². The van der Waals surface area contributed by atoms with Crippen LogP contribution in [-0.4, -0.2) is 6.26 Å². The Morgan fingerprint density at radius 2 is 1.04 bits per heavy atom. The third-order valence-electron chi connectivity index (χ3n) is 10.2. The van der Waals surface area contributed by atoms with Crippen LogP contribution < -0.4 is 15.3 Å². The van der Waals surface area contributed by atoms with Crippen LogP contribution >= 0.6 is 11.8 Å². The van der Waals surface area contributed by atoms with Crippen LogP contribution in [0.15, 0.2) is 175 Å². The van der Waals surface area contributed by atoms with Gasteiger partial charge in [-0.1, -0.05) is 140 Å². The van der Waals surface area contributed by atoms with Crippen molar-refractivity contribution in [1.29, 1.82) is 0 Å². The maximum Gasteiger partial charge on any atom is 0.0603 e. The minimum Gasteiger partial charge on any atom is -0.309 e. The van der Waals surface area contributed by atoms with Crippen LogP contribution in [0.4, 0.5) is 17.1 Å². The lowest BCUT2D eigenvalue weighted by Gasteiger charge is -2.29. The van der Waals surface area contributed by atoms with E-state index in [0.29, 0.717) is 0 Å². The Bertz CT molecular complexity index is 2660. The molecule has 0 amide bonds. The summed E-state index contributed by atoms with van der Waals surface area (Å²) < 4.78 is 0. The summed E-state index contributed by atoms with van der Waals surface area (Å²) in [5, 5.41) is 7.79. The quantitative estimate of drug-likeness (QED) is 0.123. The van der Waals surface area contributed by atoms with Gasteiger partial charge in [-0.3, -0.25) is 0 Å². The van der Waals surface area contributed by atoms with Crippen LogP contribution in [-0.2, 0) is 0 Å². The van der Waals surface area contributed by atoms with Gasteiger partial charge in [0.25, 0.3) is 0 Å². The fourth-order valence-electron chi connectivity index (χ4n) is 7.67. The summed E-state index contributed by atoms with van der Waals surface area (Å²) in [6.45, 7) is 0. The van der Waals surface area contributed by atoms with E-state index in [1.165, 1.54) is 75.9 Å². The predicted octanol–water partition coefficient (Wildman–Crippen LogP) is 12.5. The molecule has 0 unspecified atom stereocenters. The van der Waals surface area contributed by atoms with Gasteiger partial charge in [-0.15, -0.1) is 11.8 Å². The molecule has 8 aromatic rings. The highest BCUT2D eigenvalue weighted by Crippen LogP contribution is 2.45. The van der Waals surface area contributed by atoms with E-state index < -0.39 is 0 Å². The summed E-state index contributed by atoms with van der Waals surface area (Å²) in [5.74, 6) is 0. The molecule has 1 aliphatic carbocycles. The van der Waals surface area contributed by atoms with Gasteiger partial charge in [0.2, 0.25) is 0 Å². The summed E-state index contributed by atoms with van der Waals surface area (Å²) in [4.78, 5) is 3.67. The topological polar surface area (TPSA) is 3.24 Å². The van der Waals surface area contributed by atoms with Gasteiger partial charge in [0.05, 0.1) is 5.69 Å². The zero-order chi connectivity index (χ0) is 34.1. The van der Waals surface area contributed by atoms with Crippen molar-refractivity contribution in [2.75, 3.05) is 11.2 Å². The van der Waals surface area contributed by atoms with Gasteiger partial charge in [-0.05, 0) is 127 Å². The summed E-state index contributed by atoms with van der Waals surface area (Å²) >= 11 is 1.80. The highest BCUT2D eigenvalue weighted by atomic mass is 32.2. The molecular weight excluding hydrogens is 635 g/mol. The number of fused-ring (bicyclic) bond motifs is 4. The number of rotatable bonds is 7. The minimum absolute atomic E-state index is 1.11. The number of benzene rings is 8. The molecule has 0 spiro atoms. The summed E-state index contributed by atoms with van der Waals surface area (Å²) in [5.41, 5.74) is 10.8. The molecule has 1 nitrogen and oxygen atoms in total. The number of hydrogen-bond acceptors (Lipinski definition) is 2. The van der Waals surface area contributed by atoms with Gasteiger partial charge < -0.3 is 4.90 Å². The Kier molecular flexibility index (Phi) is 8.23. The third-order valence-corrected chi connectivity index (χ3v) is 11.0. The van der Waals surface area contributed by atoms with Gasteiger partial charge in [-0.25, -0.2) is 0 Å². The third kappa shape index (κ3) is 5.82. The van der Waals surface area contributed by atoms with Crippen LogP contribution in [0.3, 0.4) is 0 Å². The molecule has 0 aromatic heterocycles. The van der Waals surface area contributed by atoms with Crippen molar-refractivity contribution >= 4 is 62.5 Å². The van der Waals surface area contributed by atoms with Crippen molar-refractivity contribution < 1.29 is 0 Å². The predicted molar refractivity (Wildman–Crippen MR) is 222 cm³/mol. The lowest BCUT2D eigenvalue weighted by molar-refractivity contribution is 1.12. The second-order valence-electron chi connectivity index (χ2n) is 13.2. The van der Waals surface area contributed by atoms with Crippen LogP contribution in [0.25, 0.3) is 67.1 Å². The van der Waals surface area contributed by atoms with Crippen LogP contribution in [0, 0.1) is 0 Å². The maximum atomic E-state index is 2.42. The van der Waals surface area contributed by atoms with E-state index in [2.05, 4.69) is 193 Å². The van der Waals surface area contributed by atoms with E-state index in [0.717, 1.165) is 24.2 Å². The molecule has 0 N–H and O–H groups in total. The Balaban J connectivity index is 1.17. The van der Waals surface area contributed by atoms with Gasteiger partial charge in [0, 0.05) is 16.3 Å². The molecule has 9 rings (SSSR count). The number of nitrogens with zero attached hydrogens (tertiary/aromatic N) is 1. The van der Waals surface area contributed by atoms with E-state index in [4.69, 9.17) is 0 Å². The molecule has 2 heteroatoms.